The van der Waals surface area contributed by atoms with Crippen LogP contribution in [0.3, 0.4) is 0 Å². The van der Waals surface area contributed by atoms with E-state index in [1.165, 1.54) is 29.7 Å². The van der Waals surface area contributed by atoms with E-state index in [0.717, 1.165) is 24.3 Å². The molecule has 0 atom stereocenters. The van der Waals surface area contributed by atoms with Crippen LogP contribution in [0.5, 0.6) is 0 Å². The summed E-state index contributed by atoms with van der Waals surface area (Å²) in [5, 5.41) is 0.668. The summed E-state index contributed by atoms with van der Waals surface area (Å²) >= 11 is 1.28. The molecular formula is C29H29F3N6O4S2. The molecule has 1 fully saturated rings. The number of nitrogens with zero attached hydrogens (tertiary/aromatic N) is 4. The van der Waals surface area contributed by atoms with Gasteiger partial charge < -0.3 is 15.4 Å². The van der Waals surface area contributed by atoms with Crippen molar-refractivity contribution in [2.24, 2.45) is 5.92 Å². The van der Waals surface area contributed by atoms with Crippen LogP contribution in [0.4, 0.5) is 29.6 Å². The molecule has 1 aliphatic heterocycles. The lowest BCUT2D eigenvalue weighted by molar-refractivity contribution is 0.0834. The second-order valence-electron chi connectivity index (χ2n) is 10.6. The number of amides is 1. The number of thiazole rings is 1. The van der Waals surface area contributed by atoms with Gasteiger partial charge in [-0.1, -0.05) is 26.0 Å². The molecule has 0 bridgehead atoms. The van der Waals surface area contributed by atoms with Crippen LogP contribution in [0.25, 0.3) is 21.8 Å². The maximum Gasteiger partial charge on any atom is 0.409 e. The van der Waals surface area contributed by atoms with E-state index in [2.05, 4.69) is 9.97 Å². The van der Waals surface area contributed by atoms with Gasteiger partial charge in [0.15, 0.2) is 10.7 Å². The van der Waals surface area contributed by atoms with Crippen molar-refractivity contribution in [3.63, 3.8) is 0 Å². The number of benzene rings is 2. The van der Waals surface area contributed by atoms with Crippen LogP contribution in [0, 0.1) is 23.4 Å². The zero-order chi connectivity index (χ0) is 31.6. The zero-order valence-corrected chi connectivity index (χ0v) is 25.4. The third-order valence-corrected chi connectivity index (χ3v) is 9.54. The van der Waals surface area contributed by atoms with Crippen LogP contribution in [-0.4, -0.2) is 54.1 Å². The maximum absolute atomic E-state index is 16.0. The van der Waals surface area contributed by atoms with Gasteiger partial charge in [0.1, 0.15) is 11.6 Å². The number of anilines is 2. The van der Waals surface area contributed by atoms with Crippen LogP contribution in [0.1, 0.15) is 37.6 Å². The van der Waals surface area contributed by atoms with E-state index in [0.29, 0.717) is 48.1 Å². The summed E-state index contributed by atoms with van der Waals surface area (Å²) in [6.45, 7) is 5.14. The molecule has 0 radical (unpaired) electrons. The zero-order valence-electron chi connectivity index (χ0n) is 23.8. The molecule has 1 aliphatic rings. The van der Waals surface area contributed by atoms with Crippen molar-refractivity contribution in [1.82, 2.24) is 19.9 Å². The Morgan fingerprint density at radius 2 is 1.77 bits per heavy atom. The standard InChI is InChI=1S/C29H29F3N6O4S2/c1-16(2)15-42-29(39)38-13-10-17(11-14-38)27-36-24(25(43-27)22-9-12-34-28(33)35-22)18-5-3-8-21(23(18)32)37-44(40,41)26-19(30)6-4-7-20(26)31/h3-9,12,16-17,37H,10-11,13-15H2,1-2H3,(H2,33,34,35). The Balaban J connectivity index is 1.48. The molecule has 0 aliphatic carbocycles. The van der Waals surface area contributed by atoms with Gasteiger partial charge in [-0.3, -0.25) is 4.72 Å². The minimum absolute atomic E-state index is 0.00878. The van der Waals surface area contributed by atoms with Gasteiger partial charge in [0, 0.05) is 30.8 Å². The van der Waals surface area contributed by atoms with Crippen molar-refractivity contribution in [2.45, 2.75) is 37.5 Å². The number of carbonyl (C=O) groups is 1. The summed E-state index contributed by atoms with van der Waals surface area (Å²) in [6, 6.07) is 8.15. The van der Waals surface area contributed by atoms with Crippen molar-refractivity contribution in [3.8, 4) is 21.8 Å². The van der Waals surface area contributed by atoms with Gasteiger partial charge in [-0.15, -0.1) is 11.3 Å². The Kier molecular flexibility index (Phi) is 9.06. The molecule has 0 saturated carbocycles. The third-order valence-electron chi connectivity index (χ3n) is 6.88. The average molecular weight is 647 g/mol. The van der Waals surface area contributed by atoms with Crippen LogP contribution in [0.2, 0.25) is 0 Å². The van der Waals surface area contributed by atoms with Crippen molar-refractivity contribution >= 4 is 39.1 Å². The molecule has 3 N–H and O–H groups in total. The molecule has 5 rings (SSSR count). The quantitative estimate of drug-likeness (QED) is 0.236. The number of nitrogens with one attached hydrogen (secondary N) is 1. The highest BCUT2D eigenvalue weighted by molar-refractivity contribution is 7.92. The first kappa shape index (κ1) is 31.2. The van der Waals surface area contributed by atoms with Gasteiger partial charge in [0.2, 0.25) is 5.95 Å². The summed E-state index contributed by atoms with van der Waals surface area (Å²) in [7, 11) is -4.83. The summed E-state index contributed by atoms with van der Waals surface area (Å²) < 4.78 is 77.7. The van der Waals surface area contributed by atoms with Gasteiger partial charge in [0.25, 0.3) is 10.0 Å². The fourth-order valence-corrected chi connectivity index (χ4v) is 7.15. The number of hydrogen-bond donors (Lipinski definition) is 2. The summed E-state index contributed by atoms with van der Waals surface area (Å²) in [5.74, 6) is -3.49. The topological polar surface area (TPSA) is 140 Å². The SMILES string of the molecule is CC(C)COC(=O)N1CCC(c2nc(-c3cccc(NS(=O)(=O)c4c(F)cccc4F)c3F)c(-c3ccnc(N)n3)s2)CC1. The second kappa shape index (κ2) is 12.8. The molecule has 15 heteroatoms. The number of halogens is 3. The number of hydrogen-bond acceptors (Lipinski definition) is 9. The lowest BCUT2D eigenvalue weighted by Gasteiger charge is -2.30. The highest BCUT2D eigenvalue weighted by atomic mass is 32.2. The monoisotopic (exact) mass is 646 g/mol. The molecule has 44 heavy (non-hydrogen) atoms. The molecule has 0 unspecified atom stereocenters. The average Bonchev–Trinajstić information content (AvgIpc) is 3.42. The lowest BCUT2D eigenvalue weighted by atomic mass is 9.98. The lowest BCUT2D eigenvalue weighted by Crippen LogP contribution is -2.38. The van der Waals surface area contributed by atoms with Crippen LogP contribution in [-0.2, 0) is 14.8 Å². The van der Waals surface area contributed by atoms with E-state index in [9.17, 15) is 22.0 Å². The van der Waals surface area contributed by atoms with Crippen molar-refractivity contribution in [1.29, 1.82) is 0 Å². The van der Waals surface area contributed by atoms with Crippen molar-refractivity contribution < 1.29 is 31.1 Å². The highest BCUT2D eigenvalue weighted by Crippen LogP contribution is 2.43. The summed E-state index contributed by atoms with van der Waals surface area (Å²) in [4.78, 5) is 26.3. The molecule has 10 nitrogen and oxygen atoms in total. The Morgan fingerprint density at radius 1 is 1.09 bits per heavy atom. The number of likely N-dealkylation sites (tertiary alicyclic amines) is 1. The number of aromatic nitrogens is 3. The smallest absolute Gasteiger partial charge is 0.409 e. The van der Waals surface area contributed by atoms with Crippen LogP contribution >= 0.6 is 11.3 Å². The Hall–Kier alpha value is -4.24. The van der Waals surface area contributed by atoms with E-state index in [4.69, 9.17) is 15.5 Å². The minimum atomic E-state index is -4.83. The van der Waals surface area contributed by atoms with Crippen molar-refractivity contribution in [3.05, 3.63) is 71.1 Å². The molecule has 3 heterocycles. The molecule has 2 aromatic carbocycles. The Morgan fingerprint density at radius 3 is 2.43 bits per heavy atom. The van der Waals surface area contributed by atoms with Crippen LogP contribution < -0.4 is 10.5 Å². The first-order valence-electron chi connectivity index (χ1n) is 13.7. The number of piperidine rings is 1. The van der Waals surface area contributed by atoms with E-state index >= 15 is 4.39 Å². The fraction of sp³-hybridized carbons (Fsp3) is 0.310. The van der Waals surface area contributed by atoms with E-state index in [-0.39, 0.29) is 35.1 Å². The highest BCUT2D eigenvalue weighted by Gasteiger charge is 2.30. The fourth-order valence-electron chi connectivity index (χ4n) is 4.73. The Bertz CT molecular complexity index is 1770. The third kappa shape index (κ3) is 6.63. The van der Waals surface area contributed by atoms with E-state index in [1.807, 2.05) is 18.6 Å². The largest absolute Gasteiger partial charge is 0.449 e. The summed E-state index contributed by atoms with van der Waals surface area (Å²) in [6.07, 6.45) is 2.26. The van der Waals surface area contributed by atoms with Crippen LogP contribution in [0.15, 0.2) is 53.6 Å². The predicted octanol–water partition coefficient (Wildman–Crippen LogP) is 6.04. The number of rotatable bonds is 8. The van der Waals surface area contributed by atoms with Crippen molar-refractivity contribution in [2.75, 3.05) is 30.2 Å². The maximum atomic E-state index is 16.0. The second-order valence-corrected chi connectivity index (χ2v) is 13.2. The minimum Gasteiger partial charge on any atom is -0.449 e. The van der Waals surface area contributed by atoms with Gasteiger partial charge in [-0.2, -0.15) is 0 Å². The Labute approximate surface area is 256 Å². The van der Waals surface area contributed by atoms with E-state index in [1.54, 1.807) is 11.0 Å². The molecule has 232 valence electrons. The number of nitrogen functional groups attached to an aromatic ring is 1. The molecular weight excluding hydrogens is 617 g/mol. The molecule has 4 aromatic rings. The summed E-state index contributed by atoms with van der Waals surface area (Å²) in [5.41, 5.74) is 5.79. The first-order valence-corrected chi connectivity index (χ1v) is 16.0. The first-order chi connectivity index (χ1) is 20.9. The number of sulfonamides is 1. The predicted molar refractivity (Wildman–Crippen MR) is 160 cm³/mol. The molecule has 0 spiro atoms. The molecule has 2 aromatic heterocycles. The molecule has 1 saturated heterocycles. The number of carbonyl (C=O) groups excluding carboxylic acids is 1. The number of ether oxygens (including phenoxy) is 1. The van der Waals surface area contributed by atoms with Gasteiger partial charge in [-0.05, 0) is 49.1 Å². The molecule has 1 amide bonds. The number of nitrogens with two attached hydrogens (primary N) is 1. The van der Waals surface area contributed by atoms with Gasteiger partial charge in [0.05, 0.1) is 33.6 Å². The van der Waals surface area contributed by atoms with E-state index < -0.39 is 38.1 Å². The van der Waals surface area contributed by atoms with Gasteiger partial charge >= 0.3 is 6.09 Å². The van der Waals surface area contributed by atoms with Gasteiger partial charge in [-0.25, -0.2) is 41.3 Å². The normalized spacial score (nSPS) is 14.2.